The molecule has 0 aromatic heterocycles. The van der Waals surface area contributed by atoms with E-state index < -0.39 is 6.36 Å². The first-order valence-corrected chi connectivity index (χ1v) is 5.73. The van der Waals surface area contributed by atoms with Crippen LogP contribution in [0.1, 0.15) is 25.8 Å². The molecular weight excluding hydrogens is 245 g/mol. The lowest BCUT2D eigenvalue weighted by molar-refractivity contribution is -0.274. The molecule has 1 aromatic rings. The van der Waals surface area contributed by atoms with E-state index in [1.165, 1.54) is 12.1 Å². The molecule has 102 valence electrons. The number of hydrogen-bond acceptors (Lipinski definition) is 2. The molecule has 1 N–H and O–H groups in total. The van der Waals surface area contributed by atoms with Crippen LogP contribution >= 0.6 is 0 Å². The van der Waals surface area contributed by atoms with Crippen LogP contribution in [-0.4, -0.2) is 18.1 Å². The number of halogens is 3. The largest absolute Gasteiger partial charge is 0.573 e. The summed E-state index contributed by atoms with van der Waals surface area (Å²) in [5.74, 6) is -0.228. The molecule has 0 saturated heterocycles. The average Bonchev–Trinajstić information content (AvgIpc) is 2.30. The molecule has 1 atom stereocenters. The van der Waals surface area contributed by atoms with Crippen LogP contribution in [0.2, 0.25) is 0 Å². The van der Waals surface area contributed by atoms with Crippen LogP contribution in [-0.2, 0) is 6.42 Å². The van der Waals surface area contributed by atoms with Gasteiger partial charge in [-0.3, -0.25) is 0 Å². The van der Waals surface area contributed by atoms with Crippen molar-refractivity contribution in [1.82, 2.24) is 0 Å². The summed E-state index contributed by atoms with van der Waals surface area (Å²) in [5.41, 5.74) is 0.634. The van der Waals surface area contributed by atoms with Gasteiger partial charge in [-0.1, -0.05) is 26.0 Å². The molecule has 0 aliphatic heterocycles. The summed E-state index contributed by atoms with van der Waals surface area (Å²) in [5, 5.41) is 9.28. The molecule has 0 saturated carbocycles. The maximum absolute atomic E-state index is 12.0. The van der Waals surface area contributed by atoms with Gasteiger partial charge in [0.2, 0.25) is 0 Å². The Balaban J connectivity index is 2.71. The third-order valence-electron chi connectivity index (χ3n) is 3.02. The second-order valence-corrected chi connectivity index (χ2v) is 4.69. The number of aliphatic hydroxyl groups is 1. The minimum Gasteiger partial charge on any atom is -0.406 e. The van der Waals surface area contributed by atoms with Gasteiger partial charge in [0.05, 0.1) is 0 Å². The monoisotopic (exact) mass is 262 g/mol. The molecule has 0 fully saturated rings. The van der Waals surface area contributed by atoms with E-state index in [0.29, 0.717) is 6.42 Å². The highest BCUT2D eigenvalue weighted by Crippen LogP contribution is 2.28. The quantitative estimate of drug-likeness (QED) is 0.879. The van der Waals surface area contributed by atoms with Gasteiger partial charge in [-0.15, -0.1) is 13.2 Å². The summed E-state index contributed by atoms with van der Waals surface area (Å²) in [4.78, 5) is 0. The summed E-state index contributed by atoms with van der Waals surface area (Å²) in [6.07, 6.45) is -3.25. The van der Waals surface area contributed by atoms with Crippen LogP contribution in [0.3, 0.4) is 0 Å². The summed E-state index contributed by atoms with van der Waals surface area (Å²) in [6, 6.07) is 5.75. The number of alkyl halides is 3. The average molecular weight is 262 g/mol. The predicted octanol–water partition coefficient (Wildman–Crippen LogP) is 3.54. The Kier molecular flexibility index (Phi) is 4.62. The number of hydrogen-bond donors (Lipinski definition) is 1. The number of aliphatic hydroxyl groups excluding tert-OH is 1. The summed E-state index contributed by atoms with van der Waals surface area (Å²) >= 11 is 0. The van der Waals surface area contributed by atoms with Crippen LogP contribution < -0.4 is 4.74 Å². The molecule has 0 aliphatic carbocycles. The van der Waals surface area contributed by atoms with E-state index in [2.05, 4.69) is 4.74 Å². The lowest BCUT2D eigenvalue weighted by Crippen LogP contribution is -2.23. The first-order chi connectivity index (χ1) is 8.28. The van der Waals surface area contributed by atoms with E-state index in [4.69, 9.17) is 0 Å². The van der Waals surface area contributed by atoms with E-state index >= 15 is 0 Å². The van der Waals surface area contributed by atoms with Crippen LogP contribution in [0.25, 0.3) is 0 Å². The molecule has 1 unspecified atom stereocenters. The molecule has 1 rings (SSSR count). The minimum absolute atomic E-state index is 0.0459. The Morgan fingerprint density at radius 1 is 1.17 bits per heavy atom. The van der Waals surface area contributed by atoms with Crippen LogP contribution in [0.4, 0.5) is 13.2 Å². The Labute approximate surface area is 104 Å². The van der Waals surface area contributed by atoms with Crippen LogP contribution in [0.15, 0.2) is 24.3 Å². The van der Waals surface area contributed by atoms with Gasteiger partial charge >= 0.3 is 6.36 Å². The zero-order valence-corrected chi connectivity index (χ0v) is 10.4. The fourth-order valence-corrected chi connectivity index (χ4v) is 1.59. The van der Waals surface area contributed by atoms with Crippen molar-refractivity contribution in [1.29, 1.82) is 0 Å². The van der Waals surface area contributed by atoms with Gasteiger partial charge in [-0.25, -0.2) is 0 Å². The summed E-state index contributed by atoms with van der Waals surface area (Å²) in [6.45, 7) is 3.95. The highest BCUT2D eigenvalue weighted by molar-refractivity contribution is 5.28. The van der Waals surface area contributed by atoms with Crippen molar-refractivity contribution in [3.8, 4) is 5.75 Å². The van der Waals surface area contributed by atoms with Crippen molar-refractivity contribution < 1.29 is 23.0 Å². The van der Waals surface area contributed by atoms with Gasteiger partial charge in [-0.2, -0.15) is 0 Å². The zero-order valence-electron chi connectivity index (χ0n) is 10.4. The molecule has 5 heteroatoms. The van der Waals surface area contributed by atoms with Crippen molar-refractivity contribution >= 4 is 0 Å². The van der Waals surface area contributed by atoms with Gasteiger partial charge in [-0.05, 0) is 36.0 Å². The Morgan fingerprint density at radius 3 is 2.11 bits per heavy atom. The third-order valence-corrected chi connectivity index (χ3v) is 3.02. The van der Waals surface area contributed by atoms with Gasteiger partial charge < -0.3 is 9.84 Å². The molecular formula is C13H17F3O2. The van der Waals surface area contributed by atoms with E-state index in [0.717, 1.165) is 12.0 Å². The maximum Gasteiger partial charge on any atom is 0.573 e. The van der Waals surface area contributed by atoms with E-state index in [9.17, 15) is 18.3 Å². The van der Waals surface area contributed by atoms with E-state index in [1.54, 1.807) is 12.1 Å². The van der Waals surface area contributed by atoms with Crippen molar-refractivity contribution in [3.05, 3.63) is 29.8 Å². The standard InChI is InChI=1S/C13H17F3O2/c1-3-12(2,9-17)8-10-4-6-11(7-5-10)18-13(14,15)16/h4-7,17H,3,8-9H2,1-2H3. The first-order valence-electron chi connectivity index (χ1n) is 5.73. The van der Waals surface area contributed by atoms with Crippen molar-refractivity contribution in [3.63, 3.8) is 0 Å². The predicted molar refractivity (Wildman–Crippen MR) is 62.3 cm³/mol. The lowest BCUT2D eigenvalue weighted by Gasteiger charge is -2.25. The Hall–Kier alpha value is -1.23. The van der Waals surface area contributed by atoms with Crippen LogP contribution in [0, 0.1) is 5.41 Å². The fraction of sp³-hybridized carbons (Fsp3) is 0.538. The molecule has 2 nitrogen and oxygen atoms in total. The molecule has 1 aromatic carbocycles. The summed E-state index contributed by atoms with van der Waals surface area (Å²) in [7, 11) is 0. The van der Waals surface area contributed by atoms with Gasteiger partial charge in [0.1, 0.15) is 5.75 Å². The van der Waals surface area contributed by atoms with E-state index in [1.807, 2.05) is 13.8 Å². The normalized spacial score (nSPS) is 15.2. The van der Waals surface area contributed by atoms with Gasteiger partial charge in [0, 0.05) is 6.61 Å². The maximum atomic E-state index is 12.0. The topological polar surface area (TPSA) is 29.5 Å². The molecule has 0 bridgehead atoms. The Morgan fingerprint density at radius 2 is 1.72 bits per heavy atom. The minimum atomic E-state index is -4.66. The zero-order chi connectivity index (χ0) is 13.8. The summed E-state index contributed by atoms with van der Waals surface area (Å²) < 4.78 is 39.7. The molecule has 0 radical (unpaired) electrons. The molecule has 0 amide bonds. The van der Waals surface area contributed by atoms with Crippen molar-refractivity contribution in [2.75, 3.05) is 6.61 Å². The number of rotatable bonds is 5. The lowest BCUT2D eigenvalue weighted by atomic mass is 9.82. The van der Waals surface area contributed by atoms with Gasteiger partial charge in [0.25, 0.3) is 0 Å². The van der Waals surface area contributed by atoms with Crippen molar-refractivity contribution in [2.45, 2.75) is 33.1 Å². The number of benzene rings is 1. The smallest absolute Gasteiger partial charge is 0.406 e. The van der Waals surface area contributed by atoms with Crippen LogP contribution in [0.5, 0.6) is 5.75 Å². The highest BCUT2D eigenvalue weighted by Gasteiger charge is 2.31. The molecule has 18 heavy (non-hydrogen) atoms. The van der Waals surface area contributed by atoms with E-state index in [-0.39, 0.29) is 17.8 Å². The third kappa shape index (κ3) is 4.56. The molecule has 0 heterocycles. The Bertz CT molecular complexity index is 367. The first kappa shape index (κ1) is 14.8. The second-order valence-electron chi connectivity index (χ2n) is 4.69. The second kappa shape index (κ2) is 5.61. The SMILES string of the molecule is CCC(C)(CO)Cc1ccc(OC(F)(F)F)cc1. The molecule has 0 spiro atoms. The fourth-order valence-electron chi connectivity index (χ4n) is 1.59. The number of ether oxygens (including phenoxy) is 1. The molecule has 0 aliphatic rings. The van der Waals surface area contributed by atoms with Crippen molar-refractivity contribution in [2.24, 2.45) is 5.41 Å². The highest BCUT2D eigenvalue weighted by atomic mass is 19.4. The van der Waals surface area contributed by atoms with Gasteiger partial charge in [0.15, 0.2) is 0 Å².